The van der Waals surface area contributed by atoms with E-state index < -0.39 is 25.6 Å². The van der Waals surface area contributed by atoms with Gasteiger partial charge in [0.05, 0.1) is 21.9 Å². The lowest BCUT2D eigenvalue weighted by Gasteiger charge is -2.40. The molecule has 0 radical (unpaired) electrons. The minimum atomic E-state index is -3.97. The van der Waals surface area contributed by atoms with Gasteiger partial charge in [-0.15, -0.1) is 0 Å². The average molecular weight is 320 g/mol. The van der Waals surface area contributed by atoms with Gasteiger partial charge in [-0.05, 0) is 37.5 Å². The molecule has 20 heavy (non-hydrogen) atoms. The van der Waals surface area contributed by atoms with Gasteiger partial charge in [0, 0.05) is 0 Å². The maximum atomic E-state index is 12.2. The van der Waals surface area contributed by atoms with E-state index in [1.807, 2.05) is 0 Å². The maximum absolute atomic E-state index is 12.2. The summed E-state index contributed by atoms with van der Waals surface area (Å²) in [4.78, 5) is -0.462. The SMILES string of the molecule is NS(=O)(=O)c1cccc(S(=O)(=O)NC2(CO)CCC2)c1. The van der Waals surface area contributed by atoms with Gasteiger partial charge in [-0.1, -0.05) is 6.07 Å². The Morgan fingerprint density at radius 3 is 2.25 bits per heavy atom. The third-order valence-corrected chi connectivity index (χ3v) is 5.90. The van der Waals surface area contributed by atoms with E-state index in [1.165, 1.54) is 18.2 Å². The number of hydrogen-bond donors (Lipinski definition) is 3. The zero-order valence-electron chi connectivity index (χ0n) is 10.6. The van der Waals surface area contributed by atoms with Crippen molar-refractivity contribution < 1.29 is 21.9 Å². The largest absolute Gasteiger partial charge is 0.394 e. The normalized spacial score (nSPS) is 18.5. The first-order chi connectivity index (χ1) is 9.19. The summed E-state index contributed by atoms with van der Waals surface area (Å²) in [7, 11) is -7.87. The van der Waals surface area contributed by atoms with Crippen LogP contribution in [-0.4, -0.2) is 34.1 Å². The van der Waals surface area contributed by atoms with E-state index in [1.54, 1.807) is 0 Å². The zero-order chi connectivity index (χ0) is 15.0. The van der Waals surface area contributed by atoms with Crippen LogP contribution in [0.4, 0.5) is 0 Å². The lowest BCUT2D eigenvalue weighted by atomic mass is 9.78. The monoisotopic (exact) mass is 320 g/mol. The smallest absolute Gasteiger partial charge is 0.241 e. The summed E-state index contributed by atoms with van der Waals surface area (Å²) in [5.41, 5.74) is -0.837. The first-order valence-electron chi connectivity index (χ1n) is 5.96. The quantitative estimate of drug-likeness (QED) is 0.676. The van der Waals surface area contributed by atoms with Gasteiger partial charge >= 0.3 is 0 Å². The van der Waals surface area contributed by atoms with E-state index in [0.717, 1.165) is 12.5 Å². The van der Waals surface area contributed by atoms with Gasteiger partial charge in [-0.2, -0.15) is 0 Å². The number of aliphatic hydroxyl groups excluding tert-OH is 1. The second kappa shape index (κ2) is 5.08. The number of benzene rings is 1. The lowest BCUT2D eigenvalue weighted by molar-refractivity contribution is 0.110. The van der Waals surface area contributed by atoms with Crippen LogP contribution in [0.3, 0.4) is 0 Å². The second-order valence-electron chi connectivity index (χ2n) is 4.92. The molecule has 0 unspecified atom stereocenters. The van der Waals surface area contributed by atoms with E-state index in [2.05, 4.69) is 4.72 Å². The average Bonchev–Trinajstić information content (AvgIpc) is 2.33. The highest BCUT2D eigenvalue weighted by Crippen LogP contribution is 2.33. The molecule has 0 saturated heterocycles. The number of sulfonamides is 2. The summed E-state index contributed by atoms with van der Waals surface area (Å²) in [6.07, 6.45) is 1.94. The molecule has 1 aliphatic carbocycles. The van der Waals surface area contributed by atoms with Crippen LogP contribution < -0.4 is 9.86 Å². The molecule has 1 aliphatic rings. The molecule has 1 fully saturated rings. The summed E-state index contributed by atoms with van der Waals surface area (Å²) in [5, 5.41) is 14.3. The Morgan fingerprint density at radius 1 is 1.20 bits per heavy atom. The molecule has 7 nitrogen and oxygen atoms in total. The minimum Gasteiger partial charge on any atom is -0.394 e. The second-order valence-corrected chi connectivity index (χ2v) is 8.16. The molecule has 0 aromatic heterocycles. The molecule has 0 amide bonds. The Balaban J connectivity index is 2.35. The number of rotatable bonds is 5. The molecule has 1 aromatic rings. The maximum Gasteiger partial charge on any atom is 0.241 e. The molecular weight excluding hydrogens is 304 g/mol. The minimum absolute atomic E-state index is 0.191. The lowest BCUT2D eigenvalue weighted by Crippen LogP contribution is -2.55. The fraction of sp³-hybridized carbons (Fsp3) is 0.455. The van der Waals surface area contributed by atoms with E-state index >= 15 is 0 Å². The molecule has 1 aromatic carbocycles. The van der Waals surface area contributed by atoms with Crippen LogP contribution >= 0.6 is 0 Å². The highest BCUT2D eigenvalue weighted by atomic mass is 32.2. The fourth-order valence-electron chi connectivity index (χ4n) is 2.06. The number of aliphatic hydroxyl groups is 1. The van der Waals surface area contributed by atoms with Gasteiger partial charge < -0.3 is 5.11 Å². The van der Waals surface area contributed by atoms with Gasteiger partial charge in [0.1, 0.15) is 0 Å². The molecule has 1 saturated carbocycles. The van der Waals surface area contributed by atoms with Crippen LogP contribution in [0.5, 0.6) is 0 Å². The van der Waals surface area contributed by atoms with Gasteiger partial charge in [-0.25, -0.2) is 26.7 Å². The van der Waals surface area contributed by atoms with Crippen LogP contribution in [0.2, 0.25) is 0 Å². The molecule has 2 rings (SSSR count). The molecule has 4 N–H and O–H groups in total. The van der Waals surface area contributed by atoms with E-state index in [0.29, 0.717) is 12.8 Å². The van der Waals surface area contributed by atoms with Crippen LogP contribution in [0, 0.1) is 0 Å². The van der Waals surface area contributed by atoms with Crippen LogP contribution in [0.1, 0.15) is 19.3 Å². The van der Waals surface area contributed by atoms with Gasteiger partial charge in [-0.3, -0.25) is 0 Å². The number of nitrogens with two attached hydrogens (primary N) is 1. The molecular formula is C11H16N2O5S2. The van der Waals surface area contributed by atoms with Gasteiger partial charge in [0.15, 0.2) is 0 Å². The van der Waals surface area contributed by atoms with Crippen LogP contribution in [0.25, 0.3) is 0 Å². The number of hydrogen-bond acceptors (Lipinski definition) is 5. The highest BCUT2D eigenvalue weighted by Gasteiger charge is 2.40. The van der Waals surface area contributed by atoms with E-state index in [-0.39, 0.29) is 16.4 Å². The molecule has 9 heteroatoms. The third-order valence-electron chi connectivity index (χ3n) is 3.41. The Morgan fingerprint density at radius 2 is 1.80 bits per heavy atom. The van der Waals surface area contributed by atoms with E-state index in [4.69, 9.17) is 5.14 Å². The molecule has 0 aliphatic heterocycles. The summed E-state index contributed by atoms with van der Waals surface area (Å²) in [6.45, 7) is -0.291. The fourth-order valence-corrected chi connectivity index (χ4v) is 4.19. The molecule has 0 bridgehead atoms. The Kier molecular flexibility index (Phi) is 3.91. The van der Waals surface area contributed by atoms with Crippen molar-refractivity contribution in [1.82, 2.24) is 4.72 Å². The predicted molar refractivity (Wildman–Crippen MR) is 71.8 cm³/mol. The Labute approximate surface area is 117 Å². The molecule has 112 valence electrons. The van der Waals surface area contributed by atoms with Crippen molar-refractivity contribution in [3.05, 3.63) is 24.3 Å². The highest BCUT2D eigenvalue weighted by molar-refractivity contribution is 7.90. The number of nitrogens with one attached hydrogen (secondary N) is 1. The van der Waals surface area contributed by atoms with Crippen molar-refractivity contribution in [3.63, 3.8) is 0 Å². The summed E-state index contributed by atoms with van der Waals surface area (Å²) in [6, 6.07) is 4.81. The van der Waals surface area contributed by atoms with Crippen molar-refractivity contribution in [2.45, 2.75) is 34.6 Å². The third kappa shape index (κ3) is 3.01. The van der Waals surface area contributed by atoms with Gasteiger partial charge in [0.25, 0.3) is 0 Å². The summed E-state index contributed by atoms with van der Waals surface area (Å²) < 4.78 is 49.4. The Hall–Kier alpha value is -1.00. The zero-order valence-corrected chi connectivity index (χ0v) is 12.2. The van der Waals surface area contributed by atoms with Crippen molar-refractivity contribution >= 4 is 20.0 Å². The first kappa shape index (κ1) is 15.4. The molecule has 0 heterocycles. The summed E-state index contributed by atoms with van der Waals surface area (Å²) in [5.74, 6) is 0. The number of primary sulfonamides is 1. The molecule has 0 atom stereocenters. The Bertz CT molecular complexity index is 703. The van der Waals surface area contributed by atoms with Crippen molar-refractivity contribution in [2.75, 3.05) is 6.61 Å². The van der Waals surface area contributed by atoms with Crippen LogP contribution in [-0.2, 0) is 20.0 Å². The first-order valence-corrected chi connectivity index (χ1v) is 8.99. The van der Waals surface area contributed by atoms with Gasteiger partial charge in [0.2, 0.25) is 20.0 Å². The van der Waals surface area contributed by atoms with Crippen molar-refractivity contribution in [1.29, 1.82) is 0 Å². The van der Waals surface area contributed by atoms with Crippen molar-refractivity contribution in [2.24, 2.45) is 5.14 Å². The molecule has 0 spiro atoms. The van der Waals surface area contributed by atoms with Crippen LogP contribution in [0.15, 0.2) is 34.1 Å². The topological polar surface area (TPSA) is 127 Å². The predicted octanol–water partition coefficient (Wildman–Crippen LogP) is -0.473. The summed E-state index contributed by atoms with van der Waals surface area (Å²) >= 11 is 0. The van der Waals surface area contributed by atoms with E-state index in [9.17, 15) is 21.9 Å². The van der Waals surface area contributed by atoms with Crippen molar-refractivity contribution in [3.8, 4) is 0 Å². The standard InChI is InChI=1S/C11H16N2O5S2/c12-19(15,16)9-3-1-4-10(7-9)20(17,18)13-11(8-14)5-2-6-11/h1,3-4,7,13-14H,2,5-6,8H2,(H2,12,15,16).